The second-order valence-electron chi connectivity index (χ2n) is 9.76. The predicted molar refractivity (Wildman–Crippen MR) is 144 cm³/mol. The van der Waals surface area contributed by atoms with E-state index in [1.54, 1.807) is 24.3 Å². The summed E-state index contributed by atoms with van der Waals surface area (Å²) in [6.07, 6.45) is 0. The highest BCUT2D eigenvalue weighted by molar-refractivity contribution is 6.30. The Balaban J connectivity index is 1.41. The van der Waals surface area contributed by atoms with Gasteiger partial charge in [-0.2, -0.15) is 0 Å². The maximum atomic E-state index is 12.6. The number of hydrogen-bond donors (Lipinski definition) is 1. The van der Waals surface area contributed by atoms with Crippen molar-refractivity contribution in [2.75, 3.05) is 13.2 Å². The lowest BCUT2D eigenvalue weighted by Crippen LogP contribution is -2.33. The van der Waals surface area contributed by atoms with Crippen LogP contribution in [0.15, 0.2) is 72.8 Å². The smallest absolute Gasteiger partial charge is 0.258 e. The number of nitrogens with zero attached hydrogens (tertiary/aromatic N) is 2. The number of carbonyl (C=O) groups excluding carboxylic acids is 1. The Kier molecular flexibility index (Phi) is 7.85. The van der Waals surface area contributed by atoms with Gasteiger partial charge in [0.05, 0.1) is 23.6 Å². The van der Waals surface area contributed by atoms with E-state index in [-0.39, 0.29) is 24.0 Å². The Morgan fingerprint density at radius 1 is 0.972 bits per heavy atom. The van der Waals surface area contributed by atoms with Crippen LogP contribution in [0, 0.1) is 0 Å². The summed E-state index contributed by atoms with van der Waals surface area (Å²) >= 11 is 5.90. The van der Waals surface area contributed by atoms with Crippen molar-refractivity contribution in [2.45, 2.75) is 45.7 Å². The standard InChI is InChI=1S/C29H32ClN3O3/c1-20(31-27(34)19-36-24-15-11-22(30)12-16-24)28-32-25-7-5-6-8-26(25)33(28)17-18-35-23-13-9-21(10-14-23)29(2,3)4/h5-16,20H,17-19H2,1-4H3,(H,31,34). The first-order chi connectivity index (χ1) is 17.2. The van der Waals surface area contributed by atoms with Crippen molar-refractivity contribution in [1.29, 1.82) is 0 Å². The van der Waals surface area contributed by atoms with E-state index in [2.05, 4.69) is 42.8 Å². The van der Waals surface area contributed by atoms with E-state index < -0.39 is 0 Å². The van der Waals surface area contributed by atoms with Gasteiger partial charge in [-0.05, 0) is 66.4 Å². The zero-order chi connectivity index (χ0) is 25.7. The summed E-state index contributed by atoms with van der Waals surface area (Å²) in [4.78, 5) is 17.4. The highest BCUT2D eigenvalue weighted by atomic mass is 35.5. The Labute approximate surface area is 217 Å². The molecule has 0 aliphatic carbocycles. The van der Waals surface area contributed by atoms with Gasteiger partial charge in [-0.1, -0.05) is 56.6 Å². The molecular formula is C29H32ClN3O3. The number of nitrogens with one attached hydrogen (secondary N) is 1. The Morgan fingerprint density at radius 3 is 2.31 bits per heavy atom. The quantitative estimate of drug-likeness (QED) is 0.289. The van der Waals surface area contributed by atoms with E-state index in [4.69, 9.17) is 26.1 Å². The molecule has 1 amide bonds. The minimum Gasteiger partial charge on any atom is -0.492 e. The normalized spacial score (nSPS) is 12.4. The predicted octanol–water partition coefficient (Wildman–Crippen LogP) is 6.32. The van der Waals surface area contributed by atoms with Crippen LogP contribution in [-0.2, 0) is 16.8 Å². The number of fused-ring (bicyclic) bond motifs is 1. The van der Waals surface area contributed by atoms with E-state index in [0.717, 1.165) is 22.6 Å². The molecule has 36 heavy (non-hydrogen) atoms. The number of carbonyl (C=O) groups is 1. The van der Waals surface area contributed by atoms with Crippen molar-refractivity contribution < 1.29 is 14.3 Å². The zero-order valence-corrected chi connectivity index (χ0v) is 21.9. The molecule has 6 nitrogen and oxygen atoms in total. The average Bonchev–Trinajstić information content (AvgIpc) is 3.22. The molecule has 3 aromatic carbocycles. The molecule has 1 heterocycles. The van der Waals surface area contributed by atoms with Gasteiger partial charge in [-0.25, -0.2) is 4.98 Å². The van der Waals surface area contributed by atoms with Gasteiger partial charge in [0.15, 0.2) is 6.61 Å². The van der Waals surface area contributed by atoms with Gasteiger partial charge in [0.2, 0.25) is 0 Å². The van der Waals surface area contributed by atoms with E-state index in [0.29, 0.717) is 23.9 Å². The zero-order valence-electron chi connectivity index (χ0n) is 21.1. The molecule has 7 heteroatoms. The van der Waals surface area contributed by atoms with Crippen molar-refractivity contribution in [3.8, 4) is 11.5 Å². The molecule has 4 rings (SSSR count). The summed E-state index contributed by atoms with van der Waals surface area (Å²) in [6, 6.07) is 22.8. The van der Waals surface area contributed by atoms with Crippen molar-refractivity contribution in [1.82, 2.24) is 14.9 Å². The molecule has 0 fully saturated rings. The molecule has 0 saturated heterocycles. The SMILES string of the molecule is CC(NC(=O)COc1ccc(Cl)cc1)c1nc2ccccc2n1CCOc1ccc(C(C)(C)C)cc1. The third-order valence-corrected chi connectivity index (χ3v) is 6.19. The van der Waals surface area contributed by atoms with Crippen molar-refractivity contribution in [3.63, 3.8) is 0 Å². The molecule has 1 atom stereocenters. The number of rotatable bonds is 9. The highest BCUT2D eigenvalue weighted by Crippen LogP contribution is 2.25. The van der Waals surface area contributed by atoms with Crippen LogP contribution in [0.4, 0.5) is 0 Å². The van der Waals surface area contributed by atoms with Gasteiger partial charge in [-0.15, -0.1) is 0 Å². The molecule has 4 aromatic rings. The molecule has 0 saturated carbocycles. The second kappa shape index (κ2) is 11.0. The molecule has 188 valence electrons. The van der Waals surface area contributed by atoms with E-state index in [1.165, 1.54) is 5.56 Å². The highest BCUT2D eigenvalue weighted by Gasteiger charge is 2.19. The van der Waals surface area contributed by atoms with Crippen molar-refractivity contribution in [3.05, 3.63) is 89.2 Å². The fourth-order valence-electron chi connectivity index (χ4n) is 3.99. The molecule has 0 aliphatic heterocycles. The summed E-state index contributed by atoms with van der Waals surface area (Å²) in [7, 11) is 0. The summed E-state index contributed by atoms with van der Waals surface area (Å²) in [5, 5.41) is 3.61. The Hall–Kier alpha value is -3.51. The molecule has 1 unspecified atom stereocenters. The summed E-state index contributed by atoms with van der Waals surface area (Å²) in [5.74, 6) is 1.95. The lowest BCUT2D eigenvalue weighted by Gasteiger charge is -2.19. The number of benzene rings is 3. The molecular weight excluding hydrogens is 474 g/mol. The molecule has 0 radical (unpaired) electrons. The number of aromatic nitrogens is 2. The summed E-state index contributed by atoms with van der Waals surface area (Å²) < 4.78 is 13.7. The minimum absolute atomic E-state index is 0.0973. The van der Waals surface area contributed by atoms with Crippen LogP contribution >= 0.6 is 11.6 Å². The van der Waals surface area contributed by atoms with Crippen LogP contribution < -0.4 is 14.8 Å². The van der Waals surface area contributed by atoms with Gasteiger partial charge in [0.25, 0.3) is 5.91 Å². The third kappa shape index (κ3) is 6.38. The monoisotopic (exact) mass is 505 g/mol. The first-order valence-electron chi connectivity index (χ1n) is 12.1. The first-order valence-corrected chi connectivity index (χ1v) is 12.4. The third-order valence-electron chi connectivity index (χ3n) is 5.94. The van der Waals surface area contributed by atoms with Crippen molar-refractivity contribution in [2.24, 2.45) is 0 Å². The van der Waals surface area contributed by atoms with Gasteiger partial charge in [-0.3, -0.25) is 4.79 Å². The number of amides is 1. The van der Waals surface area contributed by atoms with Gasteiger partial charge < -0.3 is 19.4 Å². The Bertz CT molecular complexity index is 1310. The van der Waals surface area contributed by atoms with Crippen LogP contribution in [0.25, 0.3) is 11.0 Å². The van der Waals surface area contributed by atoms with Crippen LogP contribution in [-0.4, -0.2) is 28.7 Å². The van der Waals surface area contributed by atoms with Crippen LogP contribution in [0.1, 0.15) is 45.1 Å². The summed E-state index contributed by atoms with van der Waals surface area (Å²) in [6.45, 7) is 9.47. The molecule has 1 aromatic heterocycles. The number of ether oxygens (including phenoxy) is 2. The first kappa shape index (κ1) is 25.6. The van der Waals surface area contributed by atoms with E-state index in [9.17, 15) is 4.79 Å². The average molecular weight is 506 g/mol. The Morgan fingerprint density at radius 2 is 1.61 bits per heavy atom. The van der Waals surface area contributed by atoms with Crippen molar-refractivity contribution >= 4 is 28.5 Å². The lowest BCUT2D eigenvalue weighted by molar-refractivity contribution is -0.123. The minimum atomic E-state index is -0.315. The van der Waals surface area contributed by atoms with E-state index in [1.807, 2.05) is 43.3 Å². The van der Waals surface area contributed by atoms with Crippen LogP contribution in [0.2, 0.25) is 5.02 Å². The van der Waals surface area contributed by atoms with E-state index >= 15 is 0 Å². The van der Waals surface area contributed by atoms with Gasteiger partial charge in [0, 0.05) is 5.02 Å². The van der Waals surface area contributed by atoms with Crippen LogP contribution in [0.5, 0.6) is 11.5 Å². The number of hydrogen-bond acceptors (Lipinski definition) is 4. The maximum absolute atomic E-state index is 12.6. The number of para-hydroxylation sites is 2. The van der Waals surface area contributed by atoms with Crippen LogP contribution in [0.3, 0.4) is 0 Å². The van der Waals surface area contributed by atoms with Gasteiger partial charge >= 0.3 is 0 Å². The fourth-order valence-corrected chi connectivity index (χ4v) is 4.12. The molecule has 0 aliphatic rings. The fraction of sp³-hybridized carbons (Fsp3) is 0.310. The largest absolute Gasteiger partial charge is 0.492 e. The number of halogens is 1. The second-order valence-corrected chi connectivity index (χ2v) is 10.2. The molecule has 1 N–H and O–H groups in total. The lowest BCUT2D eigenvalue weighted by atomic mass is 9.87. The summed E-state index contributed by atoms with van der Waals surface area (Å²) in [5.41, 5.74) is 3.24. The topological polar surface area (TPSA) is 65.4 Å². The molecule has 0 bridgehead atoms. The molecule has 0 spiro atoms. The number of imidazole rings is 1. The maximum Gasteiger partial charge on any atom is 0.258 e. The van der Waals surface area contributed by atoms with Gasteiger partial charge in [0.1, 0.15) is 23.9 Å².